The van der Waals surface area contributed by atoms with Crippen LogP contribution < -0.4 is 11.5 Å². The number of esters is 2. The molecular weight excluding hydrogens is 396 g/mol. The molecule has 1 rings (SSSR count). The number of carbonyl (C=O) groups is 3. The molecule has 1 atom stereocenters. The van der Waals surface area contributed by atoms with Crippen LogP contribution in [0.5, 0.6) is 0 Å². The summed E-state index contributed by atoms with van der Waals surface area (Å²) >= 11 is 0. The molecule has 1 heterocycles. The van der Waals surface area contributed by atoms with Gasteiger partial charge in [0.2, 0.25) is 0 Å². The first kappa shape index (κ1) is 26.8. The molecule has 1 amide bonds. The van der Waals surface area contributed by atoms with Gasteiger partial charge in [-0.3, -0.25) is 9.36 Å². The summed E-state index contributed by atoms with van der Waals surface area (Å²) in [6.07, 6.45) is 18.8. The highest BCUT2D eigenvalue weighted by Crippen LogP contribution is 2.13. The van der Waals surface area contributed by atoms with E-state index in [0.717, 1.165) is 17.4 Å². The zero-order valence-electron chi connectivity index (χ0n) is 19.0. The molecule has 0 bridgehead atoms. The van der Waals surface area contributed by atoms with Gasteiger partial charge in [-0.2, -0.15) is 0 Å². The van der Waals surface area contributed by atoms with Gasteiger partial charge in [-0.25, -0.2) is 14.6 Å². The number of aromatic nitrogens is 2. The lowest BCUT2D eigenvalue weighted by Gasteiger charge is -2.09. The van der Waals surface area contributed by atoms with Crippen LogP contribution in [0.3, 0.4) is 0 Å². The fourth-order valence-electron chi connectivity index (χ4n) is 3.42. The lowest BCUT2D eigenvalue weighted by molar-refractivity contribution is -0.160. The molecule has 4 N–H and O–H groups in total. The number of hydrogen-bond acceptors (Lipinski definition) is 6. The smallest absolute Gasteiger partial charge is 0.330 e. The van der Waals surface area contributed by atoms with Crippen molar-refractivity contribution in [2.45, 2.75) is 109 Å². The molecule has 0 aliphatic carbocycles. The number of rotatable bonds is 17. The molecule has 8 nitrogen and oxygen atoms in total. The molecule has 31 heavy (non-hydrogen) atoms. The second kappa shape index (κ2) is 16.5. The molecule has 0 aliphatic rings. The summed E-state index contributed by atoms with van der Waals surface area (Å²) in [4.78, 5) is 38.7. The van der Waals surface area contributed by atoms with Gasteiger partial charge in [-0.15, -0.1) is 0 Å². The summed E-state index contributed by atoms with van der Waals surface area (Å²) in [5, 5.41) is 0. The van der Waals surface area contributed by atoms with E-state index in [1.54, 1.807) is 0 Å². The van der Waals surface area contributed by atoms with Crippen LogP contribution in [-0.4, -0.2) is 33.6 Å². The summed E-state index contributed by atoms with van der Waals surface area (Å²) in [6, 6.07) is -1.70. The first-order chi connectivity index (χ1) is 14.9. The van der Waals surface area contributed by atoms with Crippen molar-refractivity contribution < 1.29 is 19.1 Å². The van der Waals surface area contributed by atoms with E-state index in [1.807, 2.05) is 0 Å². The van der Waals surface area contributed by atoms with E-state index >= 15 is 0 Å². The first-order valence-electron chi connectivity index (χ1n) is 11.8. The van der Waals surface area contributed by atoms with Crippen LogP contribution in [-0.2, 0) is 20.7 Å². The number of primary amides is 1. The van der Waals surface area contributed by atoms with Gasteiger partial charge in [0.25, 0.3) is 0 Å². The van der Waals surface area contributed by atoms with Crippen LogP contribution in [0.1, 0.15) is 103 Å². The fourth-order valence-corrected chi connectivity index (χ4v) is 3.42. The summed E-state index contributed by atoms with van der Waals surface area (Å²) in [5.41, 5.74) is 11.3. The summed E-state index contributed by atoms with van der Waals surface area (Å²) < 4.78 is 5.91. The highest BCUT2D eigenvalue weighted by Gasteiger charge is 2.20. The largest absolute Gasteiger partial charge is 0.392 e. The van der Waals surface area contributed by atoms with Crippen molar-refractivity contribution in [1.29, 1.82) is 0 Å². The van der Waals surface area contributed by atoms with Gasteiger partial charge >= 0.3 is 18.0 Å². The van der Waals surface area contributed by atoms with E-state index in [0.29, 0.717) is 12.1 Å². The van der Waals surface area contributed by atoms with Crippen LogP contribution in [0.25, 0.3) is 0 Å². The standard InChI is InChI=1S/C23H40N4O4/c1-2-3-4-5-6-7-8-9-10-11-12-13-14-15-21(28)31-22(29)20(24)16-19-17-27(18-26-19)23(25)30/h17-18,20H,2-16,24H2,1H3,(H2,25,30)/t20-/m0/s1. The maximum absolute atomic E-state index is 11.9. The van der Waals surface area contributed by atoms with Crippen LogP contribution in [0, 0.1) is 0 Å². The van der Waals surface area contributed by atoms with Crippen molar-refractivity contribution in [1.82, 2.24) is 9.55 Å². The highest BCUT2D eigenvalue weighted by atomic mass is 16.6. The van der Waals surface area contributed by atoms with Crippen LogP contribution >= 0.6 is 0 Å². The summed E-state index contributed by atoms with van der Waals surface area (Å²) in [5.74, 6) is -1.33. The molecule has 1 aromatic rings. The van der Waals surface area contributed by atoms with Gasteiger partial charge in [0.05, 0.1) is 5.69 Å². The van der Waals surface area contributed by atoms with Crippen molar-refractivity contribution in [3.63, 3.8) is 0 Å². The molecule has 0 spiro atoms. The Kier molecular flexibility index (Phi) is 14.2. The second-order valence-electron chi connectivity index (χ2n) is 8.21. The number of nitrogens with zero attached hydrogens (tertiary/aromatic N) is 2. The molecule has 176 valence electrons. The number of ether oxygens (including phenoxy) is 1. The maximum atomic E-state index is 11.9. The molecule has 0 aliphatic heterocycles. The van der Waals surface area contributed by atoms with Crippen LogP contribution in [0.2, 0.25) is 0 Å². The Hall–Kier alpha value is -2.22. The van der Waals surface area contributed by atoms with Crippen molar-refractivity contribution in [3.05, 3.63) is 18.2 Å². The highest BCUT2D eigenvalue weighted by molar-refractivity contribution is 5.88. The molecular formula is C23H40N4O4. The third-order valence-electron chi connectivity index (χ3n) is 5.32. The number of nitrogens with two attached hydrogens (primary N) is 2. The normalized spacial score (nSPS) is 11.9. The van der Waals surface area contributed by atoms with E-state index in [1.165, 1.54) is 76.7 Å². The predicted octanol–water partition coefficient (Wildman–Crippen LogP) is 4.23. The third kappa shape index (κ3) is 12.9. The average molecular weight is 437 g/mol. The number of carbonyl (C=O) groups excluding carboxylic acids is 3. The Morgan fingerprint density at radius 2 is 1.45 bits per heavy atom. The zero-order valence-corrected chi connectivity index (χ0v) is 19.0. The Morgan fingerprint density at radius 3 is 1.94 bits per heavy atom. The lowest BCUT2D eigenvalue weighted by Crippen LogP contribution is -2.35. The van der Waals surface area contributed by atoms with E-state index < -0.39 is 24.0 Å². The Balaban J connectivity index is 2.01. The van der Waals surface area contributed by atoms with Crippen LogP contribution in [0.15, 0.2) is 12.5 Å². The predicted molar refractivity (Wildman–Crippen MR) is 120 cm³/mol. The zero-order chi connectivity index (χ0) is 22.9. The second-order valence-corrected chi connectivity index (χ2v) is 8.21. The number of imidazole rings is 1. The minimum atomic E-state index is -1.02. The average Bonchev–Trinajstić information content (AvgIpc) is 3.20. The van der Waals surface area contributed by atoms with Gasteiger partial charge < -0.3 is 16.2 Å². The van der Waals surface area contributed by atoms with Crippen LogP contribution in [0.4, 0.5) is 4.79 Å². The molecule has 0 aromatic carbocycles. The van der Waals surface area contributed by atoms with Gasteiger partial charge in [0, 0.05) is 19.0 Å². The summed E-state index contributed by atoms with van der Waals surface area (Å²) in [6.45, 7) is 2.24. The molecule has 0 saturated carbocycles. The van der Waals surface area contributed by atoms with Gasteiger partial charge in [0.15, 0.2) is 0 Å². The van der Waals surface area contributed by atoms with Crippen molar-refractivity contribution >= 4 is 18.0 Å². The Labute approximate surface area is 186 Å². The molecule has 0 radical (unpaired) electrons. The minimum absolute atomic E-state index is 0.0606. The molecule has 8 heteroatoms. The van der Waals surface area contributed by atoms with E-state index in [4.69, 9.17) is 16.2 Å². The SMILES string of the molecule is CCCCCCCCCCCCCCCC(=O)OC(=O)[C@@H](N)Cc1cn(C(N)=O)cn1. The molecule has 0 saturated heterocycles. The fraction of sp³-hybridized carbons (Fsp3) is 0.739. The maximum Gasteiger partial charge on any atom is 0.330 e. The molecule has 0 fully saturated rings. The van der Waals surface area contributed by atoms with Gasteiger partial charge in [-0.1, -0.05) is 84.0 Å². The summed E-state index contributed by atoms with van der Waals surface area (Å²) in [7, 11) is 0. The molecule has 1 aromatic heterocycles. The van der Waals surface area contributed by atoms with E-state index in [9.17, 15) is 14.4 Å². The minimum Gasteiger partial charge on any atom is -0.392 e. The van der Waals surface area contributed by atoms with Crippen molar-refractivity contribution in [2.24, 2.45) is 11.5 Å². The first-order valence-corrected chi connectivity index (χ1v) is 11.8. The van der Waals surface area contributed by atoms with E-state index in [-0.39, 0.29) is 12.8 Å². The van der Waals surface area contributed by atoms with Gasteiger partial charge in [-0.05, 0) is 6.42 Å². The lowest BCUT2D eigenvalue weighted by atomic mass is 10.0. The number of unbranched alkanes of at least 4 members (excludes halogenated alkanes) is 12. The van der Waals surface area contributed by atoms with Gasteiger partial charge in [0.1, 0.15) is 12.4 Å². The molecule has 0 unspecified atom stereocenters. The number of hydrogen-bond donors (Lipinski definition) is 2. The monoisotopic (exact) mass is 436 g/mol. The van der Waals surface area contributed by atoms with Crippen molar-refractivity contribution in [2.75, 3.05) is 0 Å². The van der Waals surface area contributed by atoms with E-state index in [2.05, 4.69) is 11.9 Å². The number of amides is 1. The Bertz CT molecular complexity index is 660. The third-order valence-corrected chi connectivity index (χ3v) is 5.32. The van der Waals surface area contributed by atoms with Crippen molar-refractivity contribution in [3.8, 4) is 0 Å². The quantitative estimate of drug-likeness (QED) is 0.213. The Morgan fingerprint density at radius 1 is 0.935 bits per heavy atom. The topological polar surface area (TPSA) is 130 Å².